The molecular formula is C20H42O4S. The molecule has 0 radical (unpaired) electrons. The van der Waals surface area contributed by atoms with Crippen molar-refractivity contribution in [3.05, 3.63) is 0 Å². The molecule has 152 valence electrons. The van der Waals surface area contributed by atoms with Crippen molar-refractivity contribution in [1.29, 1.82) is 0 Å². The summed E-state index contributed by atoms with van der Waals surface area (Å²) in [5, 5.41) is 9.33. The van der Waals surface area contributed by atoms with Gasteiger partial charge in [-0.1, -0.05) is 90.9 Å². The van der Waals surface area contributed by atoms with Crippen molar-refractivity contribution in [2.75, 3.05) is 0 Å². The fourth-order valence-electron chi connectivity index (χ4n) is 3.33. The summed E-state index contributed by atoms with van der Waals surface area (Å²) in [4.78, 5) is 0. The highest BCUT2D eigenvalue weighted by Gasteiger charge is 2.19. The number of rotatable bonds is 18. The van der Waals surface area contributed by atoms with Crippen LogP contribution in [0.3, 0.4) is 0 Å². The van der Waals surface area contributed by atoms with Crippen LogP contribution in [0.4, 0.5) is 0 Å². The van der Waals surface area contributed by atoms with E-state index >= 15 is 0 Å². The summed E-state index contributed by atoms with van der Waals surface area (Å²) in [6.45, 7) is 4.01. The molecule has 0 fully saturated rings. The van der Waals surface area contributed by atoms with Crippen molar-refractivity contribution >= 4 is 10.1 Å². The molecule has 2 atom stereocenters. The van der Waals surface area contributed by atoms with E-state index in [0.717, 1.165) is 44.9 Å². The van der Waals surface area contributed by atoms with E-state index in [2.05, 4.69) is 6.92 Å². The second-order valence-electron chi connectivity index (χ2n) is 7.45. The highest BCUT2D eigenvalue weighted by Crippen LogP contribution is 2.16. The highest BCUT2D eigenvalue weighted by molar-refractivity contribution is 7.86. The molecule has 0 aromatic heterocycles. The maximum Gasteiger partial charge on any atom is 0.267 e. The van der Waals surface area contributed by atoms with E-state index in [1.165, 1.54) is 44.9 Å². The summed E-state index contributed by atoms with van der Waals surface area (Å²) in [6.07, 6.45) is 16.8. The Bertz CT molecular complexity index is 381. The summed E-state index contributed by atoms with van der Waals surface area (Å²) in [7, 11) is -3.86. The summed E-state index contributed by atoms with van der Waals surface area (Å²) in [5.74, 6) is 0. The molecule has 0 aromatic carbocycles. The minimum Gasteiger partial charge on any atom is -0.393 e. The zero-order chi connectivity index (χ0) is 19.0. The van der Waals surface area contributed by atoms with E-state index in [0.29, 0.717) is 12.8 Å². The summed E-state index contributed by atoms with van der Waals surface area (Å²) in [5.41, 5.74) is 0. The van der Waals surface area contributed by atoms with Gasteiger partial charge in [-0.2, -0.15) is 8.42 Å². The van der Waals surface area contributed by atoms with Gasteiger partial charge in [0.05, 0.1) is 11.4 Å². The number of unbranched alkanes of at least 4 members (excludes halogenated alkanes) is 10. The van der Waals surface area contributed by atoms with Crippen molar-refractivity contribution < 1.29 is 18.1 Å². The van der Waals surface area contributed by atoms with Gasteiger partial charge in [0.2, 0.25) is 0 Å². The van der Waals surface area contributed by atoms with Crippen molar-refractivity contribution in [3.8, 4) is 0 Å². The van der Waals surface area contributed by atoms with Crippen LogP contribution >= 0.6 is 0 Å². The van der Waals surface area contributed by atoms with Crippen LogP contribution in [0, 0.1) is 0 Å². The van der Waals surface area contributed by atoms with E-state index in [4.69, 9.17) is 4.55 Å². The zero-order valence-electron chi connectivity index (χ0n) is 16.6. The van der Waals surface area contributed by atoms with Crippen molar-refractivity contribution in [2.45, 2.75) is 128 Å². The number of hydrogen-bond acceptors (Lipinski definition) is 3. The van der Waals surface area contributed by atoms with Crippen LogP contribution in [0.5, 0.6) is 0 Å². The lowest BCUT2D eigenvalue weighted by molar-refractivity contribution is 0.147. The van der Waals surface area contributed by atoms with Crippen molar-refractivity contribution in [1.82, 2.24) is 0 Å². The molecule has 0 saturated carbocycles. The van der Waals surface area contributed by atoms with Gasteiger partial charge in [-0.15, -0.1) is 0 Å². The lowest BCUT2D eigenvalue weighted by Gasteiger charge is -2.11. The quantitative estimate of drug-likeness (QED) is 0.230. The average molecular weight is 379 g/mol. The van der Waals surface area contributed by atoms with Crippen LogP contribution in [-0.4, -0.2) is 29.4 Å². The molecule has 2 unspecified atom stereocenters. The fourth-order valence-corrected chi connectivity index (χ4v) is 4.21. The fraction of sp³-hybridized carbons (Fsp3) is 1.00. The van der Waals surface area contributed by atoms with Gasteiger partial charge >= 0.3 is 0 Å². The maximum atomic E-state index is 11.1. The van der Waals surface area contributed by atoms with Crippen LogP contribution in [-0.2, 0) is 10.1 Å². The Labute approximate surface area is 156 Å². The van der Waals surface area contributed by atoms with Gasteiger partial charge in [0.25, 0.3) is 10.1 Å². The lowest BCUT2D eigenvalue weighted by atomic mass is 10.0. The number of hydrogen-bond donors (Lipinski definition) is 2. The van der Waals surface area contributed by atoms with E-state index in [-0.39, 0.29) is 6.10 Å². The molecule has 0 aliphatic heterocycles. The number of aliphatic hydroxyl groups excluding tert-OH is 1. The first-order chi connectivity index (χ1) is 11.9. The molecule has 4 nitrogen and oxygen atoms in total. The number of aliphatic hydroxyl groups is 1. The SMILES string of the molecule is CCCCCCC(O)CCCCCCCCCCC(CC)S(=O)(=O)O. The molecule has 0 heterocycles. The Kier molecular flexibility index (Phi) is 16.0. The molecule has 0 rings (SSSR count). The van der Waals surface area contributed by atoms with Crippen LogP contribution in [0.1, 0.15) is 117 Å². The molecule has 0 amide bonds. The van der Waals surface area contributed by atoms with Crippen LogP contribution in [0.15, 0.2) is 0 Å². The highest BCUT2D eigenvalue weighted by atomic mass is 32.2. The van der Waals surface area contributed by atoms with Gasteiger partial charge in [0.1, 0.15) is 0 Å². The largest absolute Gasteiger partial charge is 0.393 e. The third-order valence-corrected chi connectivity index (χ3v) is 6.49. The average Bonchev–Trinajstić information content (AvgIpc) is 2.55. The second-order valence-corrected chi connectivity index (χ2v) is 9.15. The monoisotopic (exact) mass is 378 g/mol. The lowest BCUT2D eigenvalue weighted by Crippen LogP contribution is -2.19. The smallest absolute Gasteiger partial charge is 0.267 e. The predicted octanol–water partition coefficient (Wildman–Crippen LogP) is 5.89. The van der Waals surface area contributed by atoms with Crippen LogP contribution in [0.25, 0.3) is 0 Å². The van der Waals surface area contributed by atoms with Gasteiger partial charge in [-0.3, -0.25) is 4.55 Å². The molecule has 0 aliphatic carbocycles. The topological polar surface area (TPSA) is 74.6 Å². The summed E-state index contributed by atoms with van der Waals surface area (Å²) >= 11 is 0. The van der Waals surface area contributed by atoms with Gasteiger partial charge < -0.3 is 5.11 Å². The van der Waals surface area contributed by atoms with Gasteiger partial charge in [-0.25, -0.2) is 0 Å². The van der Waals surface area contributed by atoms with Crippen molar-refractivity contribution in [3.63, 3.8) is 0 Å². The first kappa shape index (κ1) is 24.9. The molecule has 0 aromatic rings. The summed E-state index contributed by atoms with van der Waals surface area (Å²) < 4.78 is 31.3. The molecule has 5 heteroatoms. The molecular weight excluding hydrogens is 336 g/mol. The Morgan fingerprint density at radius 3 is 1.48 bits per heavy atom. The first-order valence-corrected chi connectivity index (χ1v) is 12.1. The molecule has 0 spiro atoms. The van der Waals surface area contributed by atoms with E-state index in [1.54, 1.807) is 6.92 Å². The maximum absolute atomic E-state index is 11.1. The summed E-state index contributed by atoms with van der Waals surface area (Å²) in [6, 6.07) is 0. The Morgan fingerprint density at radius 2 is 1.08 bits per heavy atom. The molecule has 0 bridgehead atoms. The Hall–Kier alpha value is -0.130. The van der Waals surface area contributed by atoms with Crippen LogP contribution < -0.4 is 0 Å². The second kappa shape index (κ2) is 16.1. The standard InChI is InChI=1S/C20H42O4S/c1-3-5-6-13-16-19(21)17-14-11-9-7-8-10-12-15-18-20(4-2)25(22,23)24/h19-21H,3-18H2,1-2H3,(H,22,23,24). The first-order valence-electron chi connectivity index (χ1n) is 10.6. The van der Waals surface area contributed by atoms with Gasteiger partial charge in [0.15, 0.2) is 0 Å². The van der Waals surface area contributed by atoms with Crippen molar-refractivity contribution in [2.24, 2.45) is 0 Å². The molecule has 25 heavy (non-hydrogen) atoms. The predicted molar refractivity (Wildman–Crippen MR) is 107 cm³/mol. The molecule has 0 saturated heterocycles. The van der Waals surface area contributed by atoms with E-state index in [1.807, 2.05) is 0 Å². The normalized spacial score (nSPS) is 14.6. The van der Waals surface area contributed by atoms with Gasteiger partial charge in [-0.05, 0) is 25.7 Å². The minimum atomic E-state index is -3.86. The molecule has 0 aliphatic rings. The third kappa shape index (κ3) is 15.8. The Balaban J connectivity index is 3.36. The third-order valence-electron chi connectivity index (χ3n) is 5.08. The van der Waals surface area contributed by atoms with Gasteiger partial charge in [0, 0.05) is 0 Å². The zero-order valence-corrected chi connectivity index (χ0v) is 17.4. The Morgan fingerprint density at radius 1 is 0.680 bits per heavy atom. The molecule has 2 N–H and O–H groups in total. The van der Waals surface area contributed by atoms with E-state index in [9.17, 15) is 13.5 Å². The minimum absolute atomic E-state index is 0.105. The van der Waals surface area contributed by atoms with Crippen LogP contribution in [0.2, 0.25) is 0 Å². The van der Waals surface area contributed by atoms with E-state index < -0.39 is 15.4 Å².